The predicted octanol–water partition coefficient (Wildman–Crippen LogP) is 3.66. The number of benzene rings is 1. The Morgan fingerprint density at radius 3 is 2.45 bits per heavy atom. The van der Waals surface area contributed by atoms with E-state index >= 15 is 0 Å². The Morgan fingerprint density at radius 1 is 1.20 bits per heavy atom. The molecule has 0 fully saturated rings. The average molecular weight is 273 g/mol. The molecule has 2 aromatic rings. The fourth-order valence-electron chi connectivity index (χ4n) is 2.07. The summed E-state index contributed by atoms with van der Waals surface area (Å²) in [4.78, 5) is 6.40. The number of hydrogen-bond acceptors (Lipinski definition) is 3. The second-order valence-corrected chi connectivity index (χ2v) is 4.76. The molecule has 1 N–H and O–H groups in total. The molecule has 0 radical (unpaired) electrons. The van der Waals surface area contributed by atoms with Crippen LogP contribution in [0.15, 0.2) is 42.6 Å². The Hall–Kier alpha value is -1.94. The predicted molar refractivity (Wildman–Crippen MR) is 80.8 cm³/mol. The Balaban J connectivity index is 2.15. The topological polar surface area (TPSA) is 28.2 Å². The molecule has 106 valence electrons. The van der Waals surface area contributed by atoms with E-state index in [4.69, 9.17) is 0 Å². The minimum atomic E-state index is -0.232. The fraction of sp³-hybridized carbons (Fsp3) is 0.312. The van der Waals surface area contributed by atoms with Crippen LogP contribution in [0.1, 0.15) is 25.5 Å². The third-order valence-electron chi connectivity index (χ3n) is 3.34. The normalized spacial score (nSPS) is 12.2. The Kier molecular flexibility index (Phi) is 4.69. The fourth-order valence-corrected chi connectivity index (χ4v) is 2.07. The summed E-state index contributed by atoms with van der Waals surface area (Å²) < 4.78 is 12.9. The Bertz CT molecular complexity index is 537. The summed E-state index contributed by atoms with van der Waals surface area (Å²) in [6, 6.07) is 10.7. The summed E-state index contributed by atoms with van der Waals surface area (Å²) in [5.74, 6) is 0.606. The van der Waals surface area contributed by atoms with Crippen molar-refractivity contribution in [1.82, 2.24) is 10.3 Å². The van der Waals surface area contributed by atoms with Gasteiger partial charge in [0.2, 0.25) is 0 Å². The molecule has 0 saturated heterocycles. The average Bonchev–Trinajstić information content (AvgIpc) is 2.48. The first-order chi connectivity index (χ1) is 9.61. The SMILES string of the molecule is CCNC(C)c1ccc(N(C)c2ccc(F)cc2)nc1. The van der Waals surface area contributed by atoms with E-state index in [1.807, 2.05) is 24.2 Å². The zero-order chi connectivity index (χ0) is 14.5. The molecule has 1 unspecified atom stereocenters. The Morgan fingerprint density at radius 2 is 1.90 bits per heavy atom. The van der Waals surface area contributed by atoms with Gasteiger partial charge in [0.1, 0.15) is 11.6 Å². The molecule has 0 aliphatic heterocycles. The summed E-state index contributed by atoms with van der Waals surface area (Å²) in [7, 11) is 1.92. The molecule has 0 aliphatic carbocycles. The maximum Gasteiger partial charge on any atom is 0.132 e. The molecule has 1 heterocycles. The van der Waals surface area contributed by atoms with Gasteiger partial charge in [-0.2, -0.15) is 0 Å². The molecule has 0 saturated carbocycles. The minimum absolute atomic E-state index is 0.232. The van der Waals surface area contributed by atoms with Crippen molar-refractivity contribution in [2.45, 2.75) is 19.9 Å². The van der Waals surface area contributed by atoms with E-state index in [1.165, 1.54) is 12.1 Å². The number of rotatable bonds is 5. The van der Waals surface area contributed by atoms with Crippen molar-refractivity contribution in [2.24, 2.45) is 0 Å². The first-order valence-electron chi connectivity index (χ1n) is 6.80. The van der Waals surface area contributed by atoms with E-state index in [2.05, 4.69) is 30.2 Å². The number of pyridine rings is 1. The molecule has 2 rings (SSSR count). The monoisotopic (exact) mass is 273 g/mol. The number of aromatic nitrogens is 1. The number of hydrogen-bond donors (Lipinski definition) is 1. The van der Waals surface area contributed by atoms with Crippen molar-refractivity contribution < 1.29 is 4.39 Å². The van der Waals surface area contributed by atoms with Crippen LogP contribution in [0.25, 0.3) is 0 Å². The van der Waals surface area contributed by atoms with E-state index in [0.717, 1.165) is 23.6 Å². The number of halogens is 1. The lowest BCUT2D eigenvalue weighted by molar-refractivity contribution is 0.596. The highest BCUT2D eigenvalue weighted by Crippen LogP contribution is 2.22. The van der Waals surface area contributed by atoms with Crippen LogP contribution in [0.3, 0.4) is 0 Å². The lowest BCUT2D eigenvalue weighted by Gasteiger charge is -2.19. The molecule has 1 aromatic carbocycles. The van der Waals surface area contributed by atoms with Crippen LogP contribution in [-0.2, 0) is 0 Å². The van der Waals surface area contributed by atoms with E-state index in [1.54, 1.807) is 12.1 Å². The molecular weight excluding hydrogens is 253 g/mol. The van der Waals surface area contributed by atoms with Gasteiger partial charge >= 0.3 is 0 Å². The standard InChI is InChI=1S/C16H20FN3/c1-4-18-12(2)13-5-10-16(19-11-13)20(3)15-8-6-14(17)7-9-15/h5-12,18H,4H2,1-3H3. The summed E-state index contributed by atoms with van der Waals surface area (Å²) in [5, 5.41) is 3.35. The molecule has 1 aromatic heterocycles. The lowest BCUT2D eigenvalue weighted by atomic mass is 10.1. The molecule has 0 bridgehead atoms. The van der Waals surface area contributed by atoms with Gasteiger partial charge in [0.15, 0.2) is 0 Å². The summed E-state index contributed by atoms with van der Waals surface area (Å²) in [6.45, 7) is 5.13. The first kappa shape index (κ1) is 14.5. The minimum Gasteiger partial charge on any atom is -0.329 e. The van der Waals surface area contributed by atoms with Crippen molar-refractivity contribution >= 4 is 11.5 Å². The Labute approximate surface area is 119 Å². The van der Waals surface area contributed by atoms with E-state index in [-0.39, 0.29) is 11.9 Å². The largest absolute Gasteiger partial charge is 0.329 e. The van der Waals surface area contributed by atoms with Crippen LogP contribution < -0.4 is 10.2 Å². The van der Waals surface area contributed by atoms with Gasteiger partial charge in [-0.25, -0.2) is 9.37 Å². The second kappa shape index (κ2) is 6.48. The van der Waals surface area contributed by atoms with E-state index in [9.17, 15) is 4.39 Å². The van der Waals surface area contributed by atoms with Crippen LogP contribution in [0.2, 0.25) is 0 Å². The maximum atomic E-state index is 12.9. The molecule has 4 heteroatoms. The highest BCUT2D eigenvalue weighted by atomic mass is 19.1. The highest BCUT2D eigenvalue weighted by Gasteiger charge is 2.08. The van der Waals surface area contributed by atoms with Crippen molar-refractivity contribution in [3.63, 3.8) is 0 Å². The van der Waals surface area contributed by atoms with Gasteiger partial charge in [0.05, 0.1) is 0 Å². The third kappa shape index (κ3) is 3.33. The van der Waals surface area contributed by atoms with Crippen molar-refractivity contribution in [2.75, 3.05) is 18.5 Å². The highest BCUT2D eigenvalue weighted by molar-refractivity contribution is 5.58. The molecule has 0 aliphatic rings. The number of nitrogens with zero attached hydrogens (tertiary/aromatic N) is 2. The van der Waals surface area contributed by atoms with Gasteiger partial charge in [-0.3, -0.25) is 0 Å². The van der Waals surface area contributed by atoms with Crippen LogP contribution in [0, 0.1) is 5.82 Å². The van der Waals surface area contributed by atoms with Crippen molar-refractivity contribution in [3.05, 3.63) is 54.0 Å². The summed E-state index contributed by atoms with van der Waals surface area (Å²) >= 11 is 0. The van der Waals surface area contributed by atoms with Gasteiger partial charge in [0.25, 0.3) is 0 Å². The quantitative estimate of drug-likeness (QED) is 0.901. The maximum absolute atomic E-state index is 12.9. The van der Waals surface area contributed by atoms with Gasteiger partial charge in [-0.15, -0.1) is 0 Å². The van der Waals surface area contributed by atoms with Crippen LogP contribution in [0.5, 0.6) is 0 Å². The van der Waals surface area contributed by atoms with Crippen LogP contribution in [0.4, 0.5) is 15.9 Å². The number of anilines is 2. The molecule has 1 atom stereocenters. The third-order valence-corrected chi connectivity index (χ3v) is 3.34. The van der Waals surface area contributed by atoms with Crippen LogP contribution >= 0.6 is 0 Å². The van der Waals surface area contributed by atoms with E-state index in [0.29, 0.717) is 0 Å². The first-order valence-corrected chi connectivity index (χ1v) is 6.80. The van der Waals surface area contributed by atoms with Crippen LogP contribution in [-0.4, -0.2) is 18.6 Å². The zero-order valence-electron chi connectivity index (χ0n) is 12.1. The second-order valence-electron chi connectivity index (χ2n) is 4.76. The molecule has 20 heavy (non-hydrogen) atoms. The van der Waals surface area contributed by atoms with Gasteiger partial charge < -0.3 is 10.2 Å². The number of nitrogens with one attached hydrogen (secondary N) is 1. The smallest absolute Gasteiger partial charge is 0.132 e. The van der Waals surface area contributed by atoms with Gasteiger partial charge in [-0.1, -0.05) is 13.0 Å². The molecule has 3 nitrogen and oxygen atoms in total. The van der Waals surface area contributed by atoms with Crippen molar-refractivity contribution in [1.29, 1.82) is 0 Å². The zero-order valence-corrected chi connectivity index (χ0v) is 12.1. The lowest BCUT2D eigenvalue weighted by Crippen LogP contribution is -2.18. The molecule has 0 amide bonds. The summed E-state index contributed by atoms with van der Waals surface area (Å²) in [5.41, 5.74) is 2.06. The molecule has 0 spiro atoms. The van der Waals surface area contributed by atoms with Crippen molar-refractivity contribution in [3.8, 4) is 0 Å². The van der Waals surface area contributed by atoms with Gasteiger partial charge in [0, 0.05) is 25.0 Å². The molecular formula is C16H20FN3. The van der Waals surface area contributed by atoms with E-state index < -0.39 is 0 Å². The summed E-state index contributed by atoms with van der Waals surface area (Å²) in [6.07, 6.45) is 1.88. The van der Waals surface area contributed by atoms with Gasteiger partial charge in [-0.05, 0) is 49.4 Å².